The molecular weight excluding hydrogens is 452 g/mol. The van der Waals surface area contributed by atoms with Crippen molar-refractivity contribution in [2.24, 2.45) is 0 Å². The van der Waals surface area contributed by atoms with E-state index in [4.69, 9.17) is 9.47 Å². The predicted octanol–water partition coefficient (Wildman–Crippen LogP) is 9.00. The standard InChI is InChI=1S/C35H32O2/c1-5-19-36-33-17-15-26(21-24(33)3)23-32-28-11-7-9-13-30(28)35(31-14-10-8-12-29(31)32)27-16-18-34(25(4)22-27)37-20-6-2/h5-18,21-22H,1-2,19-20,23H2,3-4H3. The topological polar surface area (TPSA) is 18.5 Å². The summed E-state index contributed by atoms with van der Waals surface area (Å²) in [7, 11) is 0. The third kappa shape index (κ3) is 4.88. The van der Waals surface area contributed by atoms with Crippen molar-refractivity contribution in [1.29, 1.82) is 0 Å². The Labute approximate surface area is 219 Å². The number of hydrogen-bond donors (Lipinski definition) is 0. The van der Waals surface area contributed by atoms with E-state index in [0.717, 1.165) is 29.0 Å². The van der Waals surface area contributed by atoms with Crippen molar-refractivity contribution in [1.82, 2.24) is 0 Å². The molecule has 2 nitrogen and oxygen atoms in total. The number of rotatable bonds is 9. The van der Waals surface area contributed by atoms with Gasteiger partial charge in [-0.15, -0.1) is 0 Å². The number of aryl methyl sites for hydroxylation is 2. The third-order valence-corrected chi connectivity index (χ3v) is 6.84. The zero-order chi connectivity index (χ0) is 25.8. The molecule has 5 aromatic carbocycles. The van der Waals surface area contributed by atoms with Gasteiger partial charge in [0, 0.05) is 0 Å². The van der Waals surface area contributed by atoms with Crippen LogP contribution in [-0.2, 0) is 6.42 Å². The molecule has 37 heavy (non-hydrogen) atoms. The average molecular weight is 485 g/mol. The van der Waals surface area contributed by atoms with E-state index in [1.165, 1.54) is 43.8 Å². The van der Waals surface area contributed by atoms with E-state index in [0.29, 0.717) is 13.2 Å². The third-order valence-electron chi connectivity index (χ3n) is 6.84. The van der Waals surface area contributed by atoms with E-state index in [1.54, 1.807) is 12.2 Å². The lowest BCUT2D eigenvalue weighted by molar-refractivity contribution is 0.360. The fourth-order valence-corrected chi connectivity index (χ4v) is 5.17. The average Bonchev–Trinajstić information content (AvgIpc) is 2.92. The van der Waals surface area contributed by atoms with Crippen molar-refractivity contribution in [2.75, 3.05) is 13.2 Å². The van der Waals surface area contributed by atoms with Crippen LogP contribution in [0.4, 0.5) is 0 Å². The quantitative estimate of drug-likeness (QED) is 0.153. The Morgan fingerprint density at radius 3 is 1.65 bits per heavy atom. The minimum atomic E-state index is 0.502. The van der Waals surface area contributed by atoms with Gasteiger partial charge in [0.25, 0.3) is 0 Å². The summed E-state index contributed by atoms with van der Waals surface area (Å²) in [6.45, 7) is 12.7. The van der Waals surface area contributed by atoms with Gasteiger partial charge in [-0.05, 0) is 93.4 Å². The second-order valence-corrected chi connectivity index (χ2v) is 9.40. The Balaban J connectivity index is 1.67. The van der Waals surface area contributed by atoms with Gasteiger partial charge >= 0.3 is 0 Å². The molecule has 184 valence electrons. The Bertz CT molecular complexity index is 1550. The summed E-state index contributed by atoms with van der Waals surface area (Å²) in [6.07, 6.45) is 4.39. The van der Waals surface area contributed by atoms with Gasteiger partial charge in [0.05, 0.1) is 0 Å². The number of benzene rings is 5. The molecule has 0 amide bonds. The number of ether oxygens (including phenoxy) is 2. The minimum Gasteiger partial charge on any atom is -0.489 e. The van der Waals surface area contributed by atoms with Crippen LogP contribution in [0.2, 0.25) is 0 Å². The molecule has 0 spiro atoms. The molecule has 0 bridgehead atoms. The van der Waals surface area contributed by atoms with Crippen molar-refractivity contribution in [3.63, 3.8) is 0 Å². The fraction of sp³-hybridized carbons (Fsp3) is 0.143. The Morgan fingerprint density at radius 1 is 0.622 bits per heavy atom. The highest BCUT2D eigenvalue weighted by Gasteiger charge is 2.16. The van der Waals surface area contributed by atoms with E-state index in [2.05, 4.69) is 112 Å². The Hall–Kier alpha value is -4.30. The van der Waals surface area contributed by atoms with Gasteiger partial charge in [-0.1, -0.05) is 92.0 Å². The molecule has 2 heteroatoms. The summed E-state index contributed by atoms with van der Waals surface area (Å²) in [4.78, 5) is 0. The molecule has 5 rings (SSSR count). The lowest BCUT2D eigenvalue weighted by Crippen LogP contribution is -1.99. The van der Waals surface area contributed by atoms with Gasteiger partial charge in [-0.3, -0.25) is 0 Å². The van der Waals surface area contributed by atoms with Crippen molar-refractivity contribution >= 4 is 21.5 Å². The van der Waals surface area contributed by atoms with E-state index >= 15 is 0 Å². The number of hydrogen-bond acceptors (Lipinski definition) is 2. The second-order valence-electron chi connectivity index (χ2n) is 9.40. The fourth-order valence-electron chi connectivity index (χ4n) is 5.17. The van der Waals surface area contributed by atoms with Crippen molar-refractivity contribution in [3.05, 3.63) is 132 Å². The highest BCUT2D eigenvalue weighted by Crippen LogP contribution is 2.41. The molecule has 0 unspecified atom stereocenters. The molecule has 0 aliphatic carbocycles. The Morgan fingerprint density at radius 2 is 1.14 bits per heavy atom. The van der Waals surface area contributed by atoms with Gasteiger partial charge < -0.3 is 9.47 Å². The van der Waals surface area contributed by atoms with Crippen LogP contribution in [0, 0.1) is 13.8 Å². The first-order valence-corrected chi connectivity index (χ1v) is 12.7. The summed E-state index contributed by atoms with van der Waals surface area (Å²) < 4.78 is 11.6. The van der Waals surface area contributed by atoms with E-state index < -0.39 is 0 Å². The normalized spacial score (nSPS) is 11.0. The van der Waals surface area contributed by atoms with Crippen molar-refractivity contribution in [3.8, 4) is 22.6 Å². The molecule has 0 atom stereocenters. The first-order chi connectivity index (χ1) is 18.1. The van der Waals surface area contributed by atoms with Crippen LogP contribution < -0.4 is 9.47 Å². The second kappa shape index (κ2) is 10.8. The lowest BCUT2D eigenvalue weighted by Gasteiger charge is -2.19. The summed E-state index contributed by atoms with van der Waals surface area (Å²) in [5.74, 6) is 1.80. The van der Waals surface area contributed by atoms with E-state index in [1.807, 2.05) is 0 Å². The molecule has 0 heterocycles. The van der Waals surface area contributed by atoms with Crippen LogP contribution in [0.1, 0.15) is 22.3 Å². The van der Waals surface area contributed by atoms with E-state index in [-0.39, 0.29) is 0 Å². The molecule has 0 saturated carbocycles. The summed E-state index contributed by atoms with van der Waals surface area (Å²) in [6, 6.07) is 30.5. The van der Waals surface area contributed by atoms with Crippen LogP contribution in [0.3, 0.4) is 0 Å². The first-order valence-electron chi connectivity index (χ1n) is 12.7. The van der Waals surface area contributed by atoms with Crippen LogP contribution in [-0.4, -0.2) is 13.2 Å². The molecule has 0 aliphatic heterocycles. The van der Waals surface area contributed by atoms with Crippen LogP contribution >= 0.6 is 0 Å². The van der Waals surface area contributed by atoms with Gasteiger partial charge in [0.2, 0.25) is 0 Å². The highest BCUT2D eigenvalue weighted by atomic mass is 16.5. The molecule has 5 aromatic rings. The van der Waals surface area contributed by atoms with Gasteiger partial charge in [0.1, 0.15) is 24.7 Å². The van der Waals surface area contributed by atoms with Crippen molar-refractivity contribution in [2.45, 2.75) is 20.3 Å². The van der Waals surface area contributed by atoms with Crippen LogP contribution in [0.5, 0.6) is 11.5 Å². The van der Waals surface area contributed by atoms with Gasteiger partial charge in [-0.25, -0.2) is 0 Å². The monoisotopic (exact) mass is 484 g/mol. The predicted molar refractivity (Wildman–Crippen MR) is 157 cm³/mol. The molecule has 0 N–H and O–H groups in total. The molecule has 0 radical (unpaired) electrons. The number of fused-ring (bicyclic) bond motifs is 2. The highest BCUT2D eigenvalue weighted by molar-refractivity contribution is 6.15. The minimum absolute atomic E-state index is 0.502. The SMILES string of the molecule is C=CCOc1ccc(Cc2c3ccccc3c(-c3ccc(OCC=C)c(C)c3)c3ccccc23)cc1C. The van der Waals surface area contributed by atoms with Crippen LogP contribution in [0.25, 0.3) is 32.7 Å². The summed E-state index contributed by atoms with van der Waals surface area (Å²) >= 11 is 0. The van der Waals surface area contributed by atoms with E-state index in [9.17, 15) is 0 Å². The summed E-state index contributed by atoms with van der Waals surface area (Å²) in [5, 5.41) is 5.09. The van der Waals surface area contributed by atoms with Crippen LogP contribution in [0.15, 0.2) is 110 Å². The zero-order valence-corrected chi connectivity index (χ0v) is 21.6. The van der Waals surface area contributed by atoms with Crippen molar-refractivity contribution < 1.29 is 9.47 Å². The maximum atomic E-state index is 5.85. The first kappa shape index (κ1) is 24.4. The summed E-state index contributed by atoms with van der Waals surface area (Å²) in [5.41, 5.74) is 7.33. The molecular formula is C35H32O2. The molecule has 0 aliphatic rings. The zero-order valence-electron chi connectivity index (χ0n) is 21.6. The maximum absolute atomic E-state index is 5.85. The maximum Gasteiger partial charge on any atom is 0.122 e. The smallest absolute Gasteiger partial charge is 0.122 e. The largest absolute Gasteiger partial charge is 0.489 e. The molecule has 0 aromatic heterocycles. The van der Waals surface area contributed by atoms with Gasteiger partial charge in [-0.2, -0.15) is 0 Å². The van der Waals surface area contributed by atoms with Gasteiger partial charge in [0.15, 0.2) is 0 Å². The Kier molecular flexibility index (Phi) is 7.09. The lowest BCUT2D eigenvalue weighted by atomic mass is 9.86. The molecule has 0 fully saturated rings. The molecule has 0 saturated heterocycles.